The number of ether oxygens (including phenoxy) is 1. The van der Waals surface area contributed by atoms with Crippen molar-refractivity contribution in [2.24, 2.45) is 0 Å². The molecule has 1 N–H and O–H groups in total. The Morgan fingerprint density at radius 2 is 1.89 bits per heavy atom. The van der Waals surface area contributed by atoms with Crippen LogP contribution in [0, 0.1) is 6.92 Å². The van der Waals surface area contributed by atoms with Gasteiger partial charge < -0.3 is 19.9 Å². The Balaban J connectivity index is 1.46. The maximum atomic E-state index is 13.6. The Labute approximate surface area is 223 Å². The number of nitrogens with one attached hydrogen (secondary N) is 1. The lowest BCUT2D eigenvalue weighted by Crippen LogP contribution is -2.48. The number of nitrogens with zero attached hydrogens (tertiary/aromatic N) is 2. The van der Waals surface area contributed by atoms with E-state index in [2.05, 4.69) is 49.3 Å². The van der Waals surface area contributed by atoms with Gasteiger partial charge in [-0.2, -0.15) is 0 Å². The highest BCUT2D eigenvalue weighted by Gasteiger charge is 2.33. The van der Waals surface area contributed by atoms with Gasteiger partial charge in [0.05, 0.1) is 6.04 Å². The third-order valence-electron chi connectivity index (χ3n) is 6.64. The minimum absolute atomic E-state index is 0.0389. The summed E-state index contributed by atoms with van der Waals surface area (Å²) >= 11 is 1.72. The lowest BCUT2D eigenvalue weighted by Gasteiger charge is -2.37. The first-order valence-electron chi connectivity index (χ1n) is 12.7. The fourth-order valence-corrected chi connectivity index (χ4v) is 5.40. The van der Waals surface area contributed by atoms with E-state index < -0.39 is 0 Å². The third-order valence-corrected chi connectivity index (χ3v) is 7.63. The molecule has 0 unspecified atom stereocenters. The second-order valence-electron chi connectivity index (χ2n) is 9.65. The summed E-state index contributed by atoms with van der Waals surface area (Å²) in [6.07, 6.45) is 2.44. The molecule has 0 aliphatic carbocycles. The van der Waals surface area contributed by atoms with Crippen molar-refractivity contribution in [1.82, 2.24) is 9.80 Å². The van der Waals surface area contributed by atoms with Crippen LogP contribution in [0.25, 0.3) is 0 Å². The Morgan fingerprint density at radius 1 is 1.16 bits per heavy atom. The highest BCUT2D eigenvalue weighted by atomic mass is 32.1. The molecule has 1 aromatic heterocycles. The van der Waals surface area contributed by atoms with E-state index in [0.717, 1.165) is 23.3 Å². The largest absolute Gasteiger partial charge is 0.491 e. The van der Waals surface area contributed by atoms with Gasteiger partial charge in [-0.05, 0) is 66.1 Å². The first kappa shape index (κ1) is 26.5. The van der Waals surface area contributed by atoms with Gasteiger partial charge in [0.2, 0.25) is 5.91 Å². The Hall–Kier alpha value is -3.58. The number of hydrogen-bond acceptors (Lipinski definition) is 4. The van der Waals surface area contributed by atoms with Crippen LogP contribution in [0.1, 0.15) is 47.4 Å². The van der Waals surface area contributed by atoms with Crippen molar-refractivity contribution in [3.8, 4) is 5.75 Å². The number of aryl methyl sites for hydroxylation is 1. The summed E-state index contributed by atoms with van der Waals surface area (Å²) in [5.41, 5.74) is 4.18. The predicted octanol–water partition coefficient (Wildman–Crippen LogP) is 6.40. The fraction of sp³-hybridized carbons (Fsp3) is 0.333. The molecule has 2 aromatic carbocycles. The van der Waals surface area contributed by atoms with Gasteiger partial charge in [-0.25, -0.2) is 4.79 Å². The van der Waals surface area contributed by atoms with Crippen molar-refractivity contribution in [2.75, 3.05) is 31.6 Å². The number of anilines is 1. The highest BCUT2D eigenvalue weighted by molar-refractivity contribution is 7.10. The molecule has 0 fully saturated rings. The second kappa shape index (κ2) is 12.1. The van der Waals surface area contributed by atoms with Crippen LogP contribution in [0.5, 0.6) is 5.75 Å². The smallest absolute Gasteiger partial charge is 0.322 e. The summed E-state index contributed by atoms with van der Waals surface area (Å²) in [5.74, 6) is 1.13. The topological polar surface area (TPSA) is 61.9 Å². The summed E-state index contributed by atoms with van der Waals surface area (Å²) < 4.78 is 6.18. The lowest BCUT2D eigenvalue weighted by atomic mass is 10.00. The van der Waals surface area contributed by atoms with E-state index in [9.17, 15) is 9.59 Å². The summed E-state index contributed by atoms with van der Waals surface area (Å²) in [6, 6.07) is 17.3. The number of urea groups is 1. The zero-order chi connectivity index (χ0) is 26.4. The normalized spacial score (nSPS) is 14.7. The summed E-state index contributed by atoms with van der Waals surface area (Å²) in [4.78, 5) is 31.2. The molecule has 6 nitrogen and oxygen atoms in total. The molecule has 194 valence electrons. The molecule has 37 heavy (non-hydrogen) atoms. The van der Waals surface area contributed by atoms with Gasteiger partial charge in [0.15, 0.2) is 0 Å². The van der Waals surface area contributed by atoms with Gasteiger partial charge in [-0.3, -0.25) is 4.79 Å². The third kappa shape index (κ3) is 6.60. The highest BCUT2D eigenvalue weighted by Crippen LogP contribution is 2.34. The molecule has 1 aliphatic rings. The van der Waals surface area contributed by atoms with Crippen LogP contribution in [-0.2, 0) is 11.2 Å². The molecule has 1 atom stereocenters. The van der Waals surface area contributed by atoms with Crippen LogP contribution in [-0.4, -0.2) is 48.0 Å². The maximum Gasteiger partial charge on any atom is 0.322 e. The Morgan fingerprint density at radius 3 is 2.57 bits per heavy atom. The monoisotopic (exact) mass is 517 g/mol. The Bertz CT molecular complexity index is 1220. The molecule has 0 bridgehead atoms. The standard InChI is InChI=1S/C30H35N3O3S/c1-5-16-32(30(35)31-24-10-6-22(4)7-11-24)19-29(34)33-17-14-28-26(15-18-37-28)27(33)20-36-25-12-8-23(9-13-25)21(2)3/h5-13,15,18,21,27H,1,14,16-17,19-20H2,2-4H3,(H,31,35)/t27-/m1/s1. The van der Waals surface area contributed by atoms with Crippen molar-refractivity contribution >= 4 is 29.0 Å². The van der Waals surface area contributed by atoms with E-state index in [0.29, 0.717) is 24.8 Å². The number of amides is 3. The van der Waals surface area contributed by atoms with Gasteiger partial charge in [0.1, 0.15) is 18.9 Å². The van der Waals surface area contributed by atoms with Crippen LogP contribution < -0.4 is 10.1 Å². The first-order chi connectivity index (χ1) is 17.9. The van der Waals surface area contributed by atoms with E-state index in [1.807, 2.05) is 48.2 Å². The van der Waals surface area contributed by atoms with Gasteiger partial charge >= 0.3 is 6.03 Å². The van der Waals surface area contributed by atoms with Crippen molar-refractivity contribution < 1.29 is 14.3 Å². The number of fused-ring (bicyclic) bond motifs is 1. The van der Waals surface area contributed by atoms with Crippen LogP contribution in [0.4, 0.5) is 10.5 Å². The Kier molecular flexibility index (Phi) is 8.66. The lowest BCUT2D eigenvalue weighted by molar-refractivity contribution is -0.135. The van der Waals surface area contributed by atoms with Gasteiger partial charge in [-0.1, -0.05) is 49.8 Å². The van der Waals surface area contributed by atoms with Crippen molar-refractivity contribution in [1.29, 1.82) is 0 Å². The minimum Gasteiger partial charge on any atom is -0.491 e. The maximum absolute atomic E-state index is 13.6. The number of carbonyl (C=O) groups is 2. The van der Waals surface area contributed by atoms with Gasteiger partial charge in [0.25, 0.3) is 0 Å². The SMILES string of the molecule is C=CCN(CC(=O)N1CCc2sccc2[C@H]1COc1ccc(C(C)C)cc1)C(=O)Nc1ccc(C)cc1. The first-order valence-corrected chi connectivity index (χ1v) is 13.6. The van der Waals surface area contributed by atoms with E-state index in [1.54, 1.807) is 17.4 Å². The summed E-state index contributed by atoms with van der Waals surface area (Å²) in [6.45, 7) is 11.3. The molecule has 0 saturated carbocycles. The number of carbonyl (C=O) groups excluding carboxylic acids is 2. The molecule has 3 amide bonds. The van der Waals surface area contributed by atoms with E-state index in [1.165, 1.54) is 15.3 Å². The van der Waals surface area contributed by atoms with Crippen LogP contribution >= 0.6 is 11.3 Å². The van der Waals surface area contributed by atoms with E-state index >= 15 is 0 Å². The van der Waals surface area contributed by atoms with Crippen molar-refractivity contribution in [3.63, 3.8) is 0 Å². The molecule has 4 rings (SSSR count). The average molecular weight is 518 g/mol. The quantitative estimate of drug-likeness (QED) is 0.334. The van der Waals surface area contributed by atoms with Gasteiger partial charge in [-0.15, -0.1) is 17.9 Å². The molecule has 2 heterocycles. The average Bonchev–Trinajstić information content (AvgIpc) is 3.37. The fourth-order valence-electron chi connectivity index (χ4n) is 4.47. The molecular weight excluding hydrogens is 482 g/mol. The number of thiophene rings is 1. The molecular formula is C30H35N3O3S. The number of benzene rings is 2. The second-order valence-corrected chi connectivity index (χ2v) is 10.7. The van der Waals surface area contributed by atoms with Crippen LogP contribution in [0.3, 0.4) is 0 Å². The van der Waals surface area contributed by atoms with Crippen molar-refractivity contribution in [3.05, 3.63) is 94.2 Å². The molecule has 3 aromatic rings. The number of rotatable bonds is 9. The predicted molar refractivity (Wildman–Crippen MR) is 150 cm³/mol. The van der Waals surface area contributed by atoms with E-state index in [-0.39, 0.29) is 31.1 Å². The van der Waals surface area contributed by atoms with Gasteiger partial charge in [0, 0.05) is 23.7 Å². The molecule has 0 spiro atoms. The molecule has 1 aliphatic heterocycles. The van der Waals surface area contributed by atoms with Crippen LogP contribution in [0.2, 0.25) is 0 Å². The molecule has 7 heteroatoms. The molecule has 0 radical (unpaired) electrons. The van der Waals surface area contributed by atoms with E-state index in [4.69, 9.17) is 4.74 Å². The minimum atomic E-state index is -0.330. The zero-order valence-corrected chi connectivity index (χ0v) is 22.6. The van der Waals surface area contributed by atoms with Crippen molar-refractivity contribution in [2.45, 2.75) is 39.2 Å². The molecule has 0 saturated heterocycles. The summed E-state index contributed by atoms with van der Waals surface area (Å²) in [7, 11) is 0. The van der Waals surface area contributed by atoms with Crippen LogP contribution in [0.15, 0.2) is 72.6 Å². The zero-order valence-electron chi connectivity index (χ0n) is 21.8. The summed E-state index contributed by atoms with van der Waals surface area (Å²) in [5, 5.41) is 4.96. The number of hydrogen-bond donors (Lipinski definition) is 1.